The number of nitrogens with zero attached hydrogens (tertiary/aromatic N) is 1. The van der Waals surface area contributed by atoms with Crippen LogP contribution in [0, 0.1) is 11.3 Å². The summed E-state index contributed by atoms with van der Waals surface area (Å²) in [7, 11) is 0. The monoisotopic (exact) mass is 255 g/mol. The predicted molar refractivity (Wildman–Crippen MR) is 72.0 cm³/mol. The number of carboxylic acids is 1. The molecule has 0 saturated heterocycles. The van der Waals surface area contributed by atoms with Crippen LogP contribution < -0.4 is 0 Å². The van der Waals surface area contributed by atoms with Gasteiger partial charge in [-0.1, -0.05) is 32.3 Å². The van der Waals surface area contributed by atoms with Gasteiger partial charge in [0.25, 0.3) is 0 Å². The Kier molecular flexibility index (Phi) is 10.9. The Morgan fingerprint density at radius 1 is 1.18 bits per heavy atom. The average molecular weight is 255 g/mol. The van der Waals surface area contributed by atoms with E-state index in [1.54, 1.807) is 11.8 Å². The molecule has 0 amide bonds. The number of nitriles is 1. The molecule has 0 aromatic heterocycles. The summed E-state index contributed by atoms with van der Waals surface area (Å²) >= 11 is 1.69. The molecule has 0 unspecified atom stereocenters. The van der Waals surface area contributed by atoms with Gasteiger partial charge in [-0.3, -0.25) is 0 Å². The van der Waals surface area contributed by atoms with E-state index in [1.165, 1.54) is 19.3 Å². The van der Waals surface area contributed by atoms with Gasteiger partial charge in [-0.2, -0.15) is 5.26 Å². The Bertz CT molecular complexity index is 271. The van der Waals surface area contributed by atoms with E-state index in [0.717, 1.165) is 25.0 Å². The Balaban J connectivity index is 3.12. The first-order valence-electron chi connectivity index (χ1n) is 6.04. The highest BCUT2D eigenvalue weighted by atomic mass is 32.2. The van der Waals surface area contributed by atoms with Crippen molar-refractivity contribution in [3.8, 4) is 6.07 Å². The molecule has 0 bridgehead atoms. The smallest absolute Gasteiger partial charge is 0.330 e. The Labute approximate surface area is 108 Å². The van der Waals surface area contributed by atoms with E-state index < -0.39 is 5.97 Å². The first kappa shape index (κ1) is 16.1. The zero-order valence-electron chi connectivity index (χ0n) is 10.3. The molecule has 0 aliphatic rings. The first-order chi connectivity index (χ1) is 8.18. The van der Waals surface area contributed by atoms with Crippen LogP contribution in [0.3, 0.4) is 0 Å². The van der Waals surface area contributed by atoms with Crippen LogP contribution in [0.2, 0.25) is 0 Å². The number of carboxylic acid groups (broad SMARTS) is 1. The van der Waals surface area contributed by atoms with Crippen LogP contribution in [0.15, 0.2) is 12.2 Å². The molecule has 0 radical (unpaired) electrons. The van der Waals surface area contributed by atoms with Gasteiger partial charge in [0.2, 0.25) is 0 Å². The zero-order valence-corrected chi connectivity index (χ0v) is 11.1. The van der Waals surface area contributed by atoms with E-state index in [9.17, 15) is 4.79 Å². The van der Waals surface area contributed by atoms with Crippen LogP contribution in [-0.2, 0) is 4.79 Å². The second-order valence-corrected chi connectivity index (χ2v) is 5.10. The van der Waals surface area contributed by atoms with E-state index in [2.05, 4.69) is 12.6 Å². The number of hydrogen-bond acceptors (Lipinski definition) is 3. The lowest BCUT2D eigenvalue weighted by Crippen LogP contribution is -1.98. The van der Waals surface area contributed by atoms with Crippen molar-refractivity contribution in [2.75, 3.05) is 11.5 Å². The van der Waals surface area contributed by atoms with Crippen LogP contribution in [0.5, 0.6) is 0 Å². The molecule has 0 rings (SSSR count). The van der Waals surface area contributed by atoms with Crippen molar-refractivity contribution in [2.24, 2.45) is 0 Å². The van der Waals surface area contributed by atoms with Crippen LogP contribution in [0.25, 0.3) is 0 Å². The minimum Gasteiger partial charge on any atom is -0.478 e. The largest absolute Gasteiger partial charge is 0.478 e. The normalized spacial score (nSPS) is 9.82. The van der Waals surface area contributed by atoms with Gasteiger partial charge >= 0.3 is 5.97 Å². The number of unbranched alkanes of at least 4 members (excludes halogenated alkanes) is 5. The molecule has 0 aromatic carbocycles. The molecule has 0 aliphatic heterocycles. The molecule has 0 saturated carbocycles. The molecule has 1 N–H and O–H groups in total. The zero-order chi connectivity index (χ0) is 12.9. The van der Waals surface area contributed by atoms with E-state index in [0.29, 0.717) is 17.7 Å². The van der Waals surface area contributed by atoms with E-state index in [4.69, 9.17) is 10.4 Å². The van der Waals surface area contributed by atoms with Gasteiger partial charge in [-0.25, -0.2) is 4.79 Å². The van der Waals surface area contributed by atoms with Crippen molar-refractivity contribution in [3.63, 3.8) is 0 Å². The molecule has 3 nitrogen and oxygen atoms in total. The number of carbonyl (C=O) groups is 1. The first-order valence-corrected chi connectivity index (χ1v) is 7.19. The summed E-state index contributed by atoms with van der Waals surface area (Å²) in [6.07, 6.45) is 7.36. The minimum atomic E-state index is -0.875. The molecule has 0 fully saturated rings. The molecule has 96 valence electrons. The van der Waals surface area contributed by atoms with Crippen molar-refractivity contribution in [1.29, 1.82) is 5.26 Å². The van der Waals surface area contributed by atoms with E-state index in [1.807, 2.05) is 0 Å². The summed E-state index contributed by atoms with van der Waals surface area (Å²) in [6.45, 7) is 3.50. The van der Waals surface area contributed by atoms with Gasteiger partial charge in [0, 0.05) is 5.57 Å². The number of aliphatic carboxylic acids is 1. The lowest BCUT2D eigenvalue weighted by atomic mass is 10.1. The molecule has 0 aliphatic carbocycles. The van der Waals surface area contributed by atoms with Gasteiger partial charge in [-0.05, 0) is 25.0 Å². The third kappa shape index (κ3) is 11.3. The van der Waals surface area contributed by atoms with Gasteiger partial charge in [0.15, 0.2) is 0 Å². The predicted octanol–water partition coefficient (Wildman–Crippen LogP) is 3.61. The molecular formula is C13H21NO2S. The minimum absolute atomic E-state index is 0.318. The quantitative estimate of drug-likeness (QED) is 0.452. The number of thioether (sulfide) groups is 1. The SMILES string of the molecule is C=C(CCCCCCCCSCC#N)C(=O)O. The Morgan fingerprint density at radius 2 is 1.76 bits per heavy atom. The topological polar surface area (TPSA) is 61.1 Å². The maximum absolute atomic E-state index is 10.5. The number of hydrogen-bond donors (Lipinski definition) is 1. The van der Waals surface area contributed by atoms with Crippen molar-refractivity contribution in [2.45, 2.75) is 44.9 Å². The van der Waals surface area contributed by atoms with Gasteiger partial charge in [0.1, 0.15) is 0 Å². The van der Waals surface area contributed by atoms with E-state index in [-0.39, 0.29) is 0 Å². The maximum atomic E-state index is 10.5. The van der Waals surface area contributed by atoms with Crippen LogP contribution >= 0.6 is 11.8 Å². The second kappa shape index (κ2) is 11.5. The van der Waals surface area contributed by atoms with Crippen LogP contribution in [0.4, 0.5) is 0 Å². The molecular weight excluding hydrogens is 234 g/mol. The maximum Gasteiger partial charge on any atom is 0.330 e. The van der Waals surface area contributed by atoms with Crippen molar-refractivity contribution in [1.82, 2.24) is 0 Å². The summed E-state index contributed by atoms with van der Waals surface area (Å²) in [4.78, 5) is 10.5. The second-order valence-electron chi connectivity index (χ2n) is 3.99. The average Bonchev–Trinajstić information content (AvgIpc) is 2.31. The Morgan fingerprint density at radius 3 is 2.35 bits per heavy atom. The molecule has 17 heavy (non-hydrogen) atoms. The molecule has 4 heteroatoms. The molecule has 0 atom stereocenters. The third-order valence-corrected chi connectivity index (χ3v) is 3.40. The third-order valence-electron chi connectivity index (χ3n) is 2.49. The van der Waals surface area contributed by atoms with Crippen molar-refractivity contribution in [3.05, 3.63) is 12.2 Å². The lowest BCUT2D eigenvalue weighted by Gasteiger charge is -2.02. The summed E-state index contributed by atoms with van der Waals surface area (Å²) in [6, 6.07) is 2.11. The summed E-state index contributed by atoms with van der Waals surface area (Å²) in [5, 5.41) is 16.9. The van der Waals surface area contributed by atoms with Crippen LogP contribution in [-0.4, -0.2) is 22.6 Å². The highest BCUT2D eigenvalue weighted by molar-refractivity contribution is 7.99. The summed E-state index contributed by atoms with van der Waals surface area (Å²) < 4.78 is 0. The fourth-order valence-corrected chi connectivity index (χ4v) is 2.12. The van der Waals surface area contributed by atoms with Crippen molar-refractivity contribution >= 4 is 17.7 Å². The van der Waals surface area contributed by atoms with Crippen LogP contribution in [0.1, 0.15) is 44.9 Å². The number of rotatable bonds is 11. The van der Waals surface area contributed by atoms with Gasteiger partial charge in [0.05, 0.1) is 11.8 Å². The lowest BCUT2D eigenvalue weighted by molar-refractivity contribution is -0.132. The highest BCUT2D eigenvalue weighted by Gasteiger charge is 2.02. The standard InChI is InChI=1S/C13H21NO2S/c1-12(13(15)16)8-6-4-2-3-5-7-10-17-11-9-14/h1-8,10-11H2,(H,15,16). The fraction of sp³-hybridized carbons (Fsp3) is 0.692. The molecule has 0 aromatic rings. The fourth-order valence-electron chi connectivity index (χ4n) is 1.47. The van der Waals surface area contributed by atoms with E-state index >= 15 is 0 Å². The molecule has 0 heterocycles. The highest BCUT2D eigenvalue weighted by Crippen LogP contribution is 2.12. The molecule has 0 spiro atoms. The Hall–Kier alpha value is -0.950. The van der Waals surface area contributed by atoms with Gasteiger partial charge < -0.3 is 5.11 Å². The summed E-state index contributed by atoms with van der Waals surface area (Å²) in [5.74, 6) is 0.792. The van der Waals surface area contributed by atoms with Crippen molar-refractivity contribution < 1.29 is 9.90 Å². The summed E-state index contributed by atoms with van der Waals surface area (Å²) in [5.41, 5.74) is 0.318. The van der Waals surface area contributed by atoms with Gasteiger partial charge in [-0.15, -0.1) is 11.8 Å².